The van der Waals surface area contributed by atoms with Gasteiger partial charge < -0.3 is 11.1 Å². The molecule has 0 saturated carbocycles. The zero-order valence-corrected chi connectivity index (χ0v) is 10.8. The molecule has 2 nitrogen and oxygen atoms in total. The molecule has 1 aliphatic heterocycles. The van der Waals surface area contributed by atoms with Gasteiger partial charge in [0.05, 0.1) is 5.37 Å². The molecule has 90 valence electrons. The van der Waals surface area contributed by atoms with Crippen molar-refractivity contribution in [3.63, 3.8) is 0 Å². The average Bonchev–Trinajstić information content (AvgIpc) is 2.72. The van der Waals surface area contributed by atoms with Crippen molar-refractivity contribution in [3.05, 3.63) is 35.9 Å². The first-order valence-corrected chi connectivity index (χ1v) is 7.08. The average molecular weight is 246 g/mol. The van der Waals surface area contributed by atoms with Crippen molar-refractivity contribution in [2.75, 3.05) is 5.32 Å². The van der Waals surface area contributed by atoms with E-state index in [0.717, 1.165) is 6.42 Å². The SMILES string of the molecule is Cc1ccc2c(c1)S[C@H](C1C=CC(N)CC1)N2. The van der Waals surface area contributed by atoms with E-state index in [1.165, 1.54) is 22.6 Å². The standard InChI is InChI=1S/C14H18N2S/c1-9-2-7-12-13(8-9)17-14(16-12)10-3-5-11(15)6-4-10/h2-3,5,7-8,10-11,14,16H,4,6,15H2,1H3/t10?,11?,14-/m1/s1. The number of thioether (sulfide) groups is 1. The molecule has 1 aromatic rings. The minimum Gasteiger partial charge on any atom is -0.372 e. The van der Waals surface area contributed by atoms with Crippen LogP contribution in [0.2, 0.25) is 0 Å². The summed E-state index contributed by atoms with van der Waals surface area (Å²) < 4.78 is 0. The highest BCUT2D eigenvalue weighted by atomic mass is 32.2. The van der Waals surface area contributed by atoms with Gasteiger partial charge in [0.1, 0.15) is 0 Å². The zero-order valence-electron chi connectivity index (χ0n) is 10.0. The lowest BCUT2D eigenvalue weighted by Crippen LogP contribution is -2.28. The number of aryl methyl sites for hydroxylation is 1. The predicted octanol–water partition coefficient (Wildman–Crippen LogP) is 3.13. The molecule has 17 heavy (non-hydrogen) atoms. The van der Waals surface area contributed by atoms with Crippen LogP contribution in [0, 0.1) is 12.8 Å². The van der Waals surface area contributed by atoms with Crippen LogP contribution in [0.4, 0.5) is 5.69 Å². The summed E-state index contributed by atoms with van der Waals surface area (Å²) in [7, 11) is 0. The maximum Gasteiger partial charge on any atom is 0.0832 e. The molecule has 0 bridgehead atoms. The summed E-state index contributed by atoms with van der Waals surface area (Å²) in [5.74, 6) is 0.604. The van der Waals surface area contributed by atoms with E-state index in [9.17, 15) is 0 Å². The molecule has 1 aromatic carbocycles. The number of nitrogens with two attached hydrogens (primary N) is 1. The summed E-state index contributed by atoms with van der Waals surface area (Å²) in [6, 6.07) is 6.89. The van der Waals surface area contributed by atoms with Crippen LogP contribution in [0.25, 0.3) is 0 Å². The van der Waals surface area contributed by atoms with E-state index in [4.69, 9.17) is 5.73 Å². The van der Waals surface area contributed by atoms with Gasteiger partial charge in [-0.1, -0.05) is 30.0 Å². The van der Waals surface area contributed by atoms with Gasteiger partial charge in [-0.3, -0.25) is 0 Å². The van der Waals surface area contributed by atoms with E-state index < -0.39 is 0 Å². The molecular formula is C14H18N2S. The van der Waals surface area contributed by atoms with Gasteiger partial charge in [0.25, 0.3) is 0 Å². The van der Waals surface area contributed by atoms with E-state index >= 15 is 0 Å². The Morgan fingerprint density at radius 1 is 1.29 bits per heavy atom. The first-order valence-electron chi connectivity index (χ1n) is 6.20. The third-order valence-electron chi connectivity index (χ3n) is 3.52. The number of benzene rings is 1. The highest BCUT2D eigenvalue weighted by Gasteiger charge is 2.28. The second kappa shape index (κ2) is 4.39. The molecule has 1 aliphatic carbocycles. The molecule has 3 atom stereocenters. The van der Waals surface area contributed by atoms with E-state index in [2.05, 4.69) is 42.6 Å². The number of hydrogen-bond donors (Lipinski definition) is 2. The topological polar surface area (TPSA) is 38.0 Å². The Hall–Kier alpha value is -0.930. The molecule has 0 spiro atoms. The summed E-state index contributed by atoms with van der Waals surface area (Å²) in [6.45, 7) is 2.15. The van der Waals surface area contributed by atoms with Crippen molar-refractivity contribution < 1.29 is 0 Å². The van der Waals surface area contributed by atoms with Gasteiger partial charge in [-0.15, -0.1) is 0 Å². The van der Waals surface area contributed by atoms with Crippen LogP contribution in [0.1, 0.15) is 18.4 Å². The van der Waals surface area contributed by atoms with Crippen LogP contribution in [0.3, 0.4) is 0 Å². The molecule has 1 heterocycles. The van der Waals surface area contributed by atoms with Crippen LogP contribution in [0.15, 0.2) is 35.2 Å². The normalized spacial score (nSPS) is 31.1. The van der Waals surface area contributed by atoms with Crippen LogP contribution >= 0.6 is 11.8 Å². The summed E-state index contributed by atoms with van der Waals surface area (Å²) in [5, 5.41) is 4.10. The first-order chi connectivity index (χ1) is 8.22. The second-order valence-corrected chi connectivity index (χ2v) is 6.16. The Morgan fingerprint density at radius 3 is 2.94 bits per heavy atom. The molecule has 3 heteroatoms. The summed E-state index contributed by atoms with van der Waals surface area (Å²) in [5.41, 5.74) is 8.50. The molecule has 2 aliphatic rings. The Kier molecular flexibility index (Phi) is 2.89. The van der Waals surface area contributed by atoms with Gasteiger partial charge in [-0.2, -0.15) is 0 Å². The van der Waals surface area contributed by atoms with E-state index in [0.29, 0.717) is 11.3 Å². The monoisotopic (exact) mass is 246 g/mol. The zero-order chi connectivity index (χ0) is 11.8. The van der Waals surface area contributed by atoms with E-state index in [1.807, 2.05) is 11.8 Å². The fourth-order valence-electron chi connectivity index (χ4n) is 2.48. The van der Waals surface area contributed by atoms with E-state index in [1.54, 1.807) is 0 Å². The van der Waals surface area contributed by atoms with Crippen LogP contribution in [0.5, 0.6) is 0 Å². The Bertz CT molecular complexity index is 456. The van der Waals surface area contributed by atoms with Gasteiger partial charge in [-0.25, -0.2) is 0 Å². The van der Waals surface area contributed by atoms with Gasteiger partial charge in [0, 0.05) is 22.5 Å². The largest absolute Gasteiger partial charge is 0.372 e. The molecule has 3 rings (SSSR count). The minimum atomic E-state index is 0.266. The van der Waals surface area contributed by atoms with Crippen molar-refractivity contribution in [2.24, 2.45) is 11.7 Å². The Labute approximate surface area is 107 Å². The lowest BCUT2D eigenvalue weighted by Gasteiger charge is -2.25. The highest BCUT2D eigenvalue weighted by molar-refractivity contribution is 8.00. The fourth-order valence-corrected chi connectivity index (χ4v) is 3.84. The van der Waals surface area contributed by atoms with Crippen molar-refractivity contribution in [3.8, 4) is 0 Å². The molecule has 0 saturated heterocycles. The Morgan fingerprint density at radius 2 is 2.18 bits per heavy atom. The molecule has 0 radical (unpaired) electrons. The smallest absolute Gasteiger partial charge is 0.0832 e. The number of anilines is 1. The first kappa shape index (κ1) is 11.2. The van der Waals surface area contributed by atoms with Crippen LogP contribution in [-0.4, -0.2) is 11.4 Å². The van der Waals surface area contributed by atoms with Gasteiger partial charge in [0.15, 0.2) is 0 Å². The molecule has 2 unspecified atom stereocenters. The summed E-state index contributed by atoms with van der Waals surface area (Å²) in [4.78, 5) is 1.39. The lowest BCUT2D eigenvalue weighted by molar-refractivity contribution is 0.512. The van der Waals surface area contributed by atoms with Gasteiger partial charge in [-0.05, 0) is 37.5 Å². The number of rotatable bonds is 1. The maximum absolute atomic E-state index is 5.89. The molecule has 3 N–H and O–H groups in total. The molecular weight excluding hydrogens is 228 g/mol. The number of hydrogen-bond acceptors (Lipinski definition) is 3. The second-order valence-electron chi connectivity index (χ2n) is 4.97. The summed E-state index contributed by atoms with van der Waals surface area (Å²) >= 11 is 1.95. The van der Waals surface area contributed by atoms with E-state index in [-0.39, 0.29) is 6.04 Å². The van der Waals surface area contributed by atoms with Crippen LogP contribution < -0.4 is 11.1 Å². The van der Waals surface area contributed by atoms with Crippen molar-refractivity contribution in [1.82, 2.24) is 0 Å². The molecule has 0 fully saturated rings. The van der Waals surface area contributed by atoms with Gasteiger partial charge >= 0.3 is 0 Å². The van der Waals surface area contributed by atoms with Crippen molar-refractivity contribution in [2.45, 2.75) is 36.1 Å². The predicted molar refractivity (Wildman–Crippen MR) is 74.3 cm³/mol. The minimum absolute atomic E-state index is 0.266. The van der Waals surface area contributed by atoms with Crippen LogP contribution in [-0.2, 0) is 0 Å². The molecule has 0 aromatic heterocycles. The third-order valence-corrected chi connectivity index (χ3v) is 4.83. The quantitative estimate of drug-likeness (QED) is 0.748. The Balaban J connectivity index is 1.76. The number of fused-ring (bicyclic) bond motifs is 1. The van der Waals surface area contributed by atoms with Crippen molar-refractivity contribution in [1.29, 1.82) is 0 Å². The third kappa shape index (κ3) is 2.22. The number of nitrogens with one attached hydrogen (secondary N) is 1. The van der Waals surface area contributed by atoms with Crippen molar-refractivity contribution >= 4 is 17.4 Å². The molecule has 0 amide bonds. The van der Waals surface area contributed by atoms with Gasteiger partial charge in [0.2, 0.25) is 0 Å². The highest BCUT2D eigenvalue weighted by Crippen LogP contribution is 2.43. The fraction of sp³-hybridized carbons (Fsp3) is 0.429. The maximum atomic E-state index is 5.89. The lowest BCUT2D eigenvalue weighted by atomic mass is 9.93. The summed E-state index contributed by atoms with van der Waals surface area (Å²) in [6.07, 6.45) is 6.74.